The number of esters is 1. The van der Waals surface area contributed by atoms with Gasteiger partial charge in [-0.1, -0.05) is 110 Å². The van der Waals surface area contributed by atoms with E-state index in [1.807, 2.05) is 84.9 Å². The zero-order chi connectivity index (χ0) is 35.6. The first kappa shape index (κ1) is 35.5. The first-order chi connectivity index (χ1) is 24.8. The third-order valence-corrected chi connectivity index (χ3v) is 9.84. The van der Waals surface area contributed by atoms with Gasteiger partial charge in [-0.2, -0.15) is 0 Å². The van der Waals surface area contributed by atoms with Gasteiger partial charge < -0.3 is 15.0 Å². The lowest BCUT2D eigenvalue weighted by Gasteiger charge is -2.36. The molecule has 1 aliphatic heterocycles. The van der Waals surface area contributed by atoms with E-state index in [1.54, 1.807) is 24.3 Å². The Balaban J connectivity index is 1.05. The number of amides is 1. The molecule has 51 heavy (non-hydrogen) atoms. The molecule has 7 heteroatoms. The number of nitrogens with zero attached hydrogens (tertiary/aromatic N) is 1. The van der Waals surface area contributed by atoms with Gasteiger partial charge in [0.15, 0.2) is 0 Å². The fourth-order valence-corrected chi connectivity index (χ4v) is 6.92. The normalized spacial score (nSPS) is 14.1. The molecule has 0 aliphatic carbocycles. The number of alkyl halides is 2. The average molecular weight is 687 g/mol. The molecule has 6 rings (SSSR count). The number of aryl methyl sites for hydroxylation is 1. The minimum Gasteiger partial charge on any atom is -0.465 e. The van der Waals surface area contributed by atoms with Gasteiger partial charge in [0.2, 0.25) is 0 Å². The molecule has 0 spiro atoms. The van der Waals surface area contributed by atoms with Crippen LogP contribution in [0.3, 0.4) is 0 Å². The lowest BCUT2D eigenvalue weighted by Crippen LogP contribution is -2.37. The molecular formula is C44H44F2N2O3. The maximum Gasteiger partial charge on any atom is 0.313 e. The van der Waals surface area contributed by atoms with Crippen LogP contribution in [0.5, 0.6) is 0 Å². The molecule has 1 N–H and O–H groups in total. The Labute approximate surface area is 299 Å². The number of carbonyl (C=O) groups excluding carboxylic acids is 2. The monoisotopic (exact) mass is 686 g/mol. The lowest BCUT2D eigenvalue weighted by atomic mass is 9.80. The quantitative estimate of drug-likeness (QED) is 0.0990. The highest BCUT2D eigenvalue weighted by Crippen LogP contribution is 2.36. The minimum absolute atomic E-state index is 0.0383. The minimum atomic E-state index is -2.89. The smallest absolute Gasteiger partial charge is 0.313 e. The fraction of sp³-hybridized carbons (Fsp3) is 0.273. The molecule has 0 radical (unpaired) electrons. The molecule has 1 saturated heterocycles. The zero-order valence-electron chi connectivity index (χ0n) is 28.9. The number of rotatable bonds is 13. The van der Waals surface area contributed by atoms with Crippen LogP contribution in [0, 0.1) is 5.92 Å². The van der Waals surface area contributed by atoms with Crippen molar-refractivity contribution in [2.45, 2.75) is 50.9 Å². The Morgan fingerprint density at radius 2 is 1.43 bits per heavy atom. The van der Waals surface area contributed by atoms with Gasteiger partial charge in [0.25, 0.3) is 11.8 Å². The van der Waals surface area contributed by atoms with E-state index in [2.05, 4.69) is 22.3 Å². The van der Waals surface area contributed by atoms with E-state index in [9.17, 15) is 18.4 Å². The molecule has 1 aliphatic rings. The summed E-state index contributed by atoms with van der Waals surface area (Å²) < 4.78 is 34.2. The summed E-state index contributed by atoms with van der Waals surface area (Å²) in [6.07, 6.45) is 3.09. The van der Waals surface area contributed by atoms with Gasteiger partial charge in [-0.3, -0.25) is 9.59 Å². The summed E-state index contributed by atoms with van der Waals surface area (Å²) in [5.74, 6) is -3.45. The number of piperidine rings is 1. The molecule has 5 nitrogen and oxygen atoms in total. The van der Waals surface area contributed by atoms with Crippen LogP contribution in [0.1, 0.15) is 65.6 Å². The Hall–Kier alpha value is -5.30. The summed E-state index contributed by atoms with van der Waals surface area (Å²) >= 11 is 0. The van der Waals surface area contributed by atoms with E-state index >= 15 is 0 Å². The summed E-state index contributed by atoms with van der Waals surface area (Å²) in [5, 5.41) is 3.00. The first-order valence-electron chi connectivity index (χ1n) is 17.8. The average Bonchev–Trinajstić information content (AvgIpc) is 3.18. The highest BCUT2D eigenvalue weighted by atomic mass is 19.3. The predicted octanol–water partition coefficient (Wildman–Crippen LogP) is 10.3. The van der Waals surface area contributed by atoms with Crippen LogP contribution in [-0.4, -0.2) is 31.6 Å². The standard InChI is InChI=1S/C44H44F2N2O3/c1-2-44(45,46)36-21-19-33(20-22-36)39-17-9-10-18-40(39)42(49)47-37-23-25-38(26-24-37)48-29-27-35(28-30-48)41(34-15-7-4-8-16-34)43(50)51-31-11-14-32-12-5-3-6-13-32/h3-10,12-13,15-26,35,41H,2,11,14,27-31H2,1H3,(H,47,49). The van der Waals surface area contributed by atoms with Crippen LogP contribution in [-0.2, 0) is 21.9 Å². The Bertz CT molecular complexity index is 1870. The van der Waals surface area contributed by atoms with Crippen molar-refractivity contribution in [1.82, 2.24) is 0 Å². The third kappa shape index (κ3) is 8.90. The van der Waals surface area contributed by atoms with Crippen LogP contribution in [0.2, 0.25) is 0 Å². The van der Waals surface area contributed by atoms with Crippen molar-refractivity contribution in [2.24, 2.45) is 5.92 Å². The summed E-state index contributed by atoms with van der Waals surface area (Å²) in [6, 6.07) is 41.3. The summed E-state index contributed by atoms with van der Waals surface area (Å²) in [4.78, 5) is 29.2. The van der Waals surface area contributed by atoms with Crippen molar-refractivity contribution in [3.05, 3.63) is 156 Å². The Morgan fingerprint density at radius 3 is 2.10 bits per heavy atom. The molecular weight excluding hydrogens is 642 g/mol. The number of anilines is 2. The number of hydrogen-bond acceptors (Lipinski definition) is 4. The summed E-state index contributed by atoms with van der Waals surface area (Å²) in [7, 11) is 0. The van der Waals surface area contributed by atoms with Gasteiger partial charge in [0.05, 0.1) is 12.5 Å². The van der Waals surface area contributed by atoms with E-state index in [0.29, 0.717) is 29.0 Å². The van der Waals surface area contributed by atoms with E-state index in [1.165, 1.54) is 24.6 Å². The lowest BCUT2D eigenvalue weighted by molar-refractivity contribution is -0.147. The second-order valence-electron chi connectivity index (χ2n) is 13.2. The van der Waals surface area contributed by atoms with Crippen molar-refractivity contribution in [3.63, 3.8) is 0 Å². The molecule has 262 valence electrons. The molecule has 5 aromatic rings. The van der Waals surface area contributed by atoms with Gasteiger partial charge in [-0.15, -0.1) is 0 Å². The first-order valence-corrected chi connectivity index (χ1v) is 17.8. The van der Waals surface area contributed by atoms with Gasteiger partial charge in [-0.05, 0) is 84.2 Å². The molecule has 1 fully saturated rings. The van der Waals surface area contributed by atoms with Crippen LogP contribution < -0.4 is 10.2 Å². The number of nitrogens with one attached hydrogen (secondary N) is 1. The van der Waals surface area contributed by atoms with Crippen LogP contribution in [0.25, 0.3) is 11.1 Å². The van der Waals surface area contributed by atoms with Crippen molar-refractivity contribution in [1.29, 1.82) is 0 Å². The van der Waals surface area contributed by atoms with Gasteiger partial charge in [-0.25, -0.2) is 8.78 Å². The fourth-order valence-electron chi connectivity index (χ4n) is 6.92. The number of hydrogen-bond donors (Lipinski definition) is 1. The summed E-state index contributed by atoms with van der Waals surface area (Å²) in [5.41, 5.74) is 5.74. The van der Waals surface area contributed by atoms with Crippen LogP contribution >= 0.6 is 0 Å². The van der Waals surface area contributed by atoms with Crippen molar-refractivity contribution < 1.29 is 23.1 Å². The van der Waals surface area contributed by atoms with Crippen molar-refractivity contribution in [3.8, 4) is 11.1 Å². The number of carbonyl (C=O) groups is 2. The number of ether oxygens (including phenoxy) is 1. The Kier molecular flexibility index (Phi) is 11.6. The van der Waals surface area contributed by atoms with E-state index in [0.717, 1.165) is 50.0 Å². The molecule has 1 heterocycles. The summed E-state index contributed by atoms with van der Waals surface area (Å²) in [6.45, 7) is 3.46. The maximum absolute atomic E-state index is 14.2. The third-order valence-electron chi connectivity index (χ3n) is 9.84. The topological polar surface area (TPSA) is 58.6 Å². The largest absolute Gasteiger partial charge is 0.465 e. The van der Waals surface area contributed by atoms with Crippen molar-refractivity contribution >= 4 is 23.3 Å². The van der Waals surface area contributed by atoms with E-state index in [-0.39, 0.29) is 35.7 Å². The molecule has 0 saturated carbocycles. The SMILES string of the molecule is CCC(F)(F)c1ccc(-c2ccccc2C(=O)Nc2ccc(N3CCC(C(C(=O)OCCCc4ccccc4)c4ccccc4)CC3)cc2)cc1. The predicted molar refractivity (Wildman–Crippen MR) is 200 cm³/mol. The van der Waals surface area contributed by atoms with Crippen LogP contribution in [0.15, 0.2) is 133 Å². The van der Waals surface area contributed by atoms with Crippen LogP contribution in [0.4, 0.5) is 20.2 Å². The highest BCUT2D eigenvalue weighted by molar-refractivity contribution is 6.08. The molecule has 1 atom stereocenters. The van der Waals surface area contributed by atoms with Gasteiger partial charge >= 0.3 is 5.97 Å². The van der Waals surface area contributed by atoms with Crippen molar-refractivity contribution in [2.75, 3.05) is 29.9 Å². The highest BCUT2D eigenvalue weighted by Gasteiger charge is 2.34. The number of halogens is 2. The Morgan fingerprint density at radius 1 is 0.804 bits per heavy atom. The molecule has 1 amide bonds. The van der Waals surface area contributed by atoms with Gasteiger partial charge in [0.1, 0.15) is 0 Å². The second-order valence-corrected chi connectivity index (χ2v) is 13.2. The second kappa shape index (κ2) is 16.6. The maximum atomic E-state index is 14.2. The molecule has 0 bridgehead atoms. The van der Waals surface area contributed by atoms with E-state index in [4.69, 9.17) is 4.74 Å². The van der Waals surface area contributed by atoms with E-state index < -0.39 is 5.92 Å². The molecule has 1 unspecified atom stereocenters. The molecule has 5 aromatic carbocycles. The molecule has 0 aromatic heterocycles. The zero-order valence-corrected chi connectivity index (χ0v) is 28.9. The van der Waals surface area contributed by atoms with Gasteiger partial charge in [0, 0.05) is 42.0 Å². The number of benzene rings is 5.